The quantitative estimate of drug-likeness (QED) is 0.811. The molecule has 0 aliphatic rings. The van der Waals surface area contributed by atoms with Crippen LogP contribution in [0, 0.1) is 0 Å². The van der Waals surface area contributed by atoms with Gasteiger partial charge in [0.25, 0.3) is 5.91 Å². The number of nitrogens with two attached hydrogens (primary N) is 1. The van der Waals surface area contributed by atoms with Crippen LogP contribution in [0.15, 0.2) is 22.7 Å². The first kappa shape index (κ1) is 15.0. The fraction of sp³-hybridized carbons (Fsp3) is 0.462. The molecule has 0 saturated heterocycles. The summed E-state index contributed by atoms with van der Waals surface area (Å²) in [6.45, 7) is 5.57. The zero-order valence-corrected chi connectivity index (χ0v) is 12.3. The molecular formula is C13H19BrN2O2. The summed E-state index contributed by atoms with van der Waals surface area (Å²) in [5.74, 6) is 0.227. The Labute approximate surface area is 116 Å². The largest absolute Gasteiger partial charge is 0.481 e. The van der Waals surface area contributed by atoms with Gasteiger partial charge in [-0.25, -0.2) is 0 Å². The molecule has 0 bridgehead atoms. The van der Waals surface area contributed by atoms with Gasteiger partial charge in [0.1, 0.15) is 5.75 Å². The summed E-state index contributed by atoms with van der Waals surface area (Å²) in [4.78, 5) is 11.1. The second-order valence-corrected chi connectivity index (χ2v) is 4.80. The highest BCUT2D eigenvalue weighted by atomic mass is 79.9. The molecule has 1 amide bonds. The lowest BCUT2D eigenvalue weighted by Gasteiger charge is -2.15. The number of ether oxygens (including phenoxy) is 1. The lowest BCUT2D eigenvalue weighted by molar-refractivity contribution is -0.124. The number of benzene rings is 1. The summed E-state index contributed by atoms with van der Waals surface area (Å²) >= 11 is 3.49. The fourth-order valence-electron chi connectivity index (χ4n) is 1.53. The van der Waals surface area contributed by atoms with Crippen LogP contribution in [0.4, 0.5) is 0 Å². The van der Waals surface area contributed by atoms with Gasteiger partial charge in [0.2, 0.25) is 0 Å². The van der Waals surface area contributed by atoms with Gasteiger partial charge < -0.3 is 15.8 Å². The van der Waals surface area contributed by atoms with E-state index < -0.39 is 12.0 Å². The van der Waals surface area contributed by atoms with Crippen LogP contribution in [0.5, 0.6) is 5.75 Å². The Hall–Kier alpha value is -1.07. The number of rotatable bonds is 7. The topological polar surface area (TPSA) is 64.3 Å². The first-order chi connectivity index (χ1) is 8.58. The van der Waals surface area contributed by atoms with E-state index in [-0.39, 0.29) is 0 Å². The van der Waals surface area contributed by atoms with Gasteiger partial charge in [-0.1, -0.05) is 29.8 Å². The number of nitrogens with one attached hydrogen (secondary N) is 1. The highest BCUT2D eigenvalue weighted by molar-refractivity contribution is 9.10. The Morgan fingerprint density at radius 1 is 1.50 bits per heavy atom. The molecule has 3 N–H and O–H groups in total. The number of primary amides is 1. The van der Waals surface area contributed by atoms with Crippen LogP contribution in [0.1, 0.15) is 25.8 Å². The van der Waals surface area contributed by atoms with E-state index in [1.807, 2.05) is 25.1 Å². The van der Waals surface area contributed by atoms with E-state index in [0.717, 1.165) is 23.1 Å². The normalized spacial score (nSPS) is 12.2. The Morgan fingerprint density at radius 3 is 2.78 bits per heavy atom. The van der Waals surface area contributed by atoms with Crippen LogP contribution in [-0.2, 0) is 11.3 Å². The molecule has 18 heavy (non-hydrogen) atoms. The van der Waals surface area contributed by atoms with Crippen molar-refractivity contribution in [3.05, 3.63) is 28.2 Å². The van der Waals surface area contributed by atoms with Gasteiger partial charge in [0, 0.05) is 11.0 Å². The van der Waals surface area contributed by atoms with Crippen molar-refractivity contribution in [3.63, 3.8) is 0 Å². The van der Waals surface area contributed by atoms with E-state index in [4.69, 9.17) is 10.5 Å². The summed E-state index contributed by atoms with van der Waals surface area (Å²) in [5, 5.41) is 3.25. The van der Waals surface area contributed by atoms with Gasteiger partial charge in [-0.15, -0.1) is 0 Å². The highest BCUT2D eigenvalue weighted by Crippen LogP contribution is 2.23. The molecule has 0 saturated carbocycles. The molecule has 1 aromatic rings. The number of hydrogen-bond acceptors (Lipinski definition) is 3. The molecular weight excluding hydrogens is 296 g/mol. The molecule has 0 aliphatic carbocycles. The lowest BCUT2D eigenvalue weighted by Crippen LogP contribution is -2.33. The molecule has 0 heterocycles. The van der Waals surface area contributed by atoms with Crippen molar-refractivity contribution in [1.29, 1.82) is 0 Å². The molecule has 0 fully saturated rings. The molecule has 4 nitrogen and oxygen atoms in total. The highest BCUT2D eigenvalue weighted by Gasteiger charge is 2.15. The summed E-state index contributed by atoms with van der Waals surface area (Å²) in [5.41, 5.74) is 6.35. The summed E-state index contributed by atoms with van der Waals surface area (Å²) in [6.07, 6.45) is -0.00772. The third kappa shape index (κ3) is 4.31. The minimum atomic E-state index is -0.571. The minimum Gasteiger partial charge on any atom is -0.481 e. The SMILES string of the molecule is CCNCc1cc(OC(CC)C(N)=O)ccc1Br. The average Bonchev–Trinajstić information content (AvgIpc) is 2.35. The summed E-state index contributed by atoms with van der Waals surface area (Å²) < 4.78 is 6.59. The number of amides is 1. The van der Waals surface area contributed by atoms with E-state index in [1.54, 1.807) is 0 Å². The second-order valence-electron chi connectivity index (χ2n) is 3.95. The van der Waals surface area contributed by atoms with Gasteiger partial charge in [0.05, 0.1) is 0 Å². The van der Waals surface area contributed by atoms with Crippen LogP contribution in [0.2, 0.25) is 0 Å². The van der Waals surface area contributed by atoms with Crippen LogP contribution in [0.25, 0.3) is 0 Å². The van der Waals surface area contributed by atoms with Gasteiger partial charge >= 0.3 is 0 Å². The Bertz CT molecular complexity index is 410. The van der Waals surface area contributed by atoms with E-state index >= 15 is 0 Å². The maximum atomic E-state index is 11.1. The zero-order valence-electron chi connectivity index (χ0n) is 10.7. The van der Waals surface area contributed by atoms with Crippen molar-refractivity contribution >= 4 is 21.8 Å². The van der Waals surface area contributed by atoms with Crippen molar-refractivity contribution < 1.29 is 9.53 Å². The van der Waals surface area contributed by atoms with E-state index in [9.17, 15) is 4.79 Å². The van der Waals surface area contributed by atoms with E-state index in [0.29, 0.717) is 12.2 Å². The maximum absolute atomic E-state index is 11.1. The van der Waals surface area contributed by atoms with Gasteiger partial charge in [-0.05, 0) is 36.7 Å². The fourth-order valence-corrected chi connectivity index (χ4v) is 1.91. The molecule has 1 aromatic carbocycles. The smallest absolute Gasteiger partial charge is 0.258 e. The first-order valence-corrected chi connectivity index (χ1v) is 6.82. The summed E-state index contributed by atoms with van der Waals surface area (Å²) in [7, 11) is 0. The average molecular weight is 315 g/mol. The van der Waals surface area contributed by atoms with Crippen molar-refractivity contribution in [2.24, 2.45) is 5.73 Å². The molecule has 5 heteroatoms. The summed E-state index contributed by atoms with van der Waals surface area (Å²) in [6, 6.07) is 5.65. The van der Waals surface area contributed by atoms with Crippen molar-refractivity contribution in [2.45, 2.75) is 32.9 Å². The molecule has 0 radical (unpaired) electrons. The third-order valence-corrected chi connectivity index (χ3v) is 3.32. The molecule has 100 valence electrons. The van der Waals surface area contributed by atoms with Crippen molar-refractivity contribution in [2.75, 3.05) is 6.54 Å². The van der Waals surface area contributed by atoms with E-state index in [1.165, 1.54) is 0 Å². The molecule has 0 aliphatic heterocycles. The van der Waals surface area contributed by atoms with Gasteiger partial charge in [-0.2, -0.15) is 0 Å². The van der Waals surface area contributed by atoms with Crippen LogP contribution >= 0.6 is 15.9 Å². The monoisotopic (exact) mass is 314 g/mol. The maximum Gasteiger partial charge on any atom is 0.258 e. The van der Waals surface area contributed by atoms with E-state index in [2.05, 4.69) is 28.2 Å². The Morgan fingerprint density at radius 2 is 2.22 bits per heavy atom. The predicted molar refractivity (Wildman–Crippen MR) is 75.4 cm³/mol. The van der Waals surface area contributed by atoms with Crippen molar-refractivity contribution in [1.82, 2.24) is 5.32 Å². The number of carbonyl (C=O) groups excluding carboxylic acids is 1. The molecule has 1 rings (SSSR count). The van der Waals surface area contributed by atoms with Crippen molar-refractivity contribution in [3.8, 4) is 5.75 Å². The predicted octanol–water partition coefficient (Wildman–Crippen LogP) is 2.20. The standard InChI is InChI=1S/C13H19BrN2O2/c1-3-12(13(15)17)18-10-5-6-11(14)9(7-10)8-16-4-2/h5-7,12,16H,3-4,8H2,1-2H3,(H2,15,17). The lowest BCUT2D eigenvalue weighted by atomic mass is 10.2. The number of hydrogen-bond donors (Lipinski definition) is 2. The van der Waals surface area contributed by atoms with Gasteiger partial charge in [-0.3, -0.25) is 4.79 Å². The molecule has 1 unspecified atom stereocenters. The van der Waals surface area contributed by atoms with Crippen LogP contribution in [0.3, 0.4) is 0 Å². The molecule has 0 spiro atoms. The van der Waals surface area contributed by atoms with Crippen LogP contribution in [-0.4, -0.2) is 18.6 Å². The minimum absolute atomic E-state index is 0.436. The Kier molecular flexibility index (Phi) is 6.15. The second kappa shape index (κ2) is 7.38. The Balaban J connectivity index is 2.80. The first-order valence-electron chi connectivity index (χ1n) is 6.03. The zero-order chi connectivity index (χ0) is 13.5. The van der Waals surface area contributed by atoms with Gasteiger partial charge in [0.15, 0.2) is 6.10 Å². The third-order valence-electron chi connectivity index (χ3n) is 2.55. The number of halogens is 1. The number of carbonyl (C=O) groups is 1. The molecule has 1 atom stereocenters. The molecule has 0 aromatic heterocycles. The van der Waals surface area contributed by atoms with Crippen LogP contribution < -0.4 is 15.8 Å².